The number of benzene rings is 9. The zero-order valence-electron chi connectivity index (χ0n) is 33.7. The molecule has 2 heterocycles. The molecule has 11 aromatic rings. The molecule has 1 aliphatic carbocycles. The highest BCUT2D eigenvalue weighted by Crippen LogP contribution is 2.56. The van der Waals surface area contributed by atoms with E-state index in [1.807, 2.05) is 29.5 Å². The molecular formula is C59H38N2S. The van der Waals surface area contributed by atoms with Gasteiger partial charge >= 0.3 is 0 Å². The van der Waals surface area contributed by atoms with Crippen LogP contribution in [0, 0.1) is 0 Å². The van der Waals surface area contributed by atoms with Crippen molar-refractivity contribution in [3.63, 3.8) is 0 Å². The average Bonchev–Trinajstić information content (AvgIpc) is 3.88. The van der Waals surface area contributed by atoms with Gasteiger partial charge in [0.2, 0.25) is 0 Å². The molecular weight excluding hydrogens is 769 g/mol. The van der Waals surface area contributed by atoms with Crippen LogP contribution in [0.2, 0.25) is 0 Å². The fraction of sp³-hybridized carbons (Fsp3) is 0.0169. The third-order valence-corrected chi connectivity index (χ3v) is 13.7. The molecule has 0 amide bonds. The Bertz CT molecular complexity index is 3400. The lowest BCUT2D eigenvalue weighted by atomic mass is 9.67. The lowest BCUT2D eigenvalue weighted by Gasteiger charge is -2.34. The summed E-state index contributed by atoms with van der Waals surface area (Å²) in [5.74, 6) is 0.702. The first-order valence-corrected chi connectivity index (χ1v) is 22.0. The van der Waals surface area contributed by atoms with Crippen molar-refractivity contribution in [2.24, 2.45) is 0 Å². The fourth-order valence-electron chi connectivity index (χ4n) is 9.68. The van der Waals surface area contributed by atoms with Gasteiger partial charge in [0.05, 0.1) is 16.8 Å². The Labute approximate surface area is 365 Å². The molecule has 0 spiro atoms. The van der Waals surface area contributed by atoms with E-state index in [1.54, 1.807) is 0 Å². The molecule has 0 aliphatic heterocycles. The lowest BCUT2D eigenvalue weighted by Crippen LogP contribution is -2.28. The summed E-state index contributed by atoms with van der Waals surface area (Å²) >= 11 is 1.85. The van der Waals surface area contributed by atoms with Crippen LogP contribution in [0.5, 0.6) is 0 Å². The summed E-state index contributed by atoms with van der Waals surface area (Å²) in [7, 11) is 0. The van der Waals surface area contributed by atoms with E-state index in [9.17, 15) is 0 Å². The first-order chi connectivity index (χ1) is 30.7. The molecule has 62 heavy (non-hydrogen) atoms. The molecule has 0 saturated heterocycles. The van der Waals surface area contributed by atoms with Crippen LogP contribution in [-0.2, 0) is 5.41 Å². The topological polar surface area (TPSA) is 25.8 Å². The number of hydrogen-bond acceptors (Lipinski definition) is 3. The quantitative estimate of drug-likeness (QED) is 0.160. The van der Waals surface area contributed by atoms with E-state index >= 15 is 0 Å². The van der Waals surface area contributed by atoms with Crippen molar-refractivity contribution >= 4 is 31.5 Å². The molecule has 12 rings (SSSR count). The van der Waals surface area contributed by atoms with Gasteiger partial charge in [-0.05, 0) is 86.0 Å². The Hall–Kier alpha value is -7.72. The van der Waals surface area contributed by atoms with Gasteiger partial charge in [0, 0.05) is 36.9 Å². The Morgan fingerprint density at radius 2 is 0.839 bits per heavy atom. The molecule has 0 atom stereocenters. The van der Waals surface area contributed by atoms with Crippen LogP contribution >= 0.6 is 11.3 Å². The van der Waals surface area contributed by atoms with E-state index < -0.39 is 5.41 Å². The van der Waals surface area contributed by atoms with Crippen LogP contribution in [0.1, 0.15) is 22.3 Å². The van der Waals surface area contributed by atoms with Crippen LogP contribution in [0.3, 0.4) is 0 Å². The third-order valence-electron chi connectivity index (χ3n) is 12.6. The van der Waals surface area contributed by atoms with Crippen molar-refractivity contribution in [3.05, 3.63) is 253 Å². The van der Waals surface area contributed by atoms with Gasteiger partial charge < -0.3 is 0 Å². The van der Waals surface area contributed by atoms with E-state index in [0.29, 0.717) is 5.82 Å². The van der Waals surface area contributed by atoms with E-state index in [4.69, 9.17) is 9.97 Å². The third kappa shape index (κ3) is 5.93. The summed E-state index contributed by atoms with van der Waals surface area (Å²) in [6.07, 6.45) is 0. The second kappa shape index (κ2) is 14.8. The molecule has 9 aromatic carbocycles. The number of thiophene rings is 1. The van der Waals surface area contributed by atoms with Gasteiger partial charge in [0.1, 0.15) is 0 Å². The number of hydrogen-bond donors (Lipinski definition) is 0. The maximum absolute atomic E-state index is 5.22. The molecule has 0 bridgehead atoms. The van der Waals surface area contributed by atoms with E-state index in [2.05, 4.69) is 212 Å². The summed E-state index contributed by atoms with van der Waals surface area (Å²) in [5, 5.41) is 2.63. The maximum Gasteiger partial charge on any atom is 0.160 e. The Balaban J connectivity index is 0.953. The van der Waals surface area contributed by atoms with Crippen LogP contribution in [0.4, 0.5) is 0 Å². The van der Waals surface area contributed by atoms with Gasteiger partial charge in [-0.2, -0.15) is 0 Å². The monoisotopic (exact) mass is 806 g/mol. The summed E-state index contributed by atoms with van der Waals surface area (Å²) in [4.78, 5) is 10.4. The van der Waals surface area contributed by atoms with Gasteiger partial charge in [0.15, 0.2) is 5.82 Å². The largest absolute Gasteiger partial charge is 0.228 e. The molecule has 0 unspecified atom stereocenters. The molecule has 0 saturated carbocycles. The highest BCUT2D eigenvalue weighted by molar-refractivity contribution is 7.25. The van der Waals surface area contributed by atoms with Crippen molar-refractivity contribution in [2.75, 3.05) is 0 Å². The van der Waals surface area contributed by atoms with Crippen molar-refractivity contribution < 1.29 is 0 Å². The van der Waals surface area contributed by atoms with Gasteiger partial charge in [-0.3, -0.25) is 0 Å². The Morgan fingerprint density at radius 1 is 0.306 bits per heavy atom. The summed E-state index contributed by atoms with van der Waals surface area (Å²) in [6, 6.07) is 83.5. The molecule has 0 N–H and O–H groups in total. The predicted molar refractivity (Wildman–Crippen MR) is 259 cm³/mol. The molecule has 290 valence electrons. The Kier molecular flexibility index (Phi) is 8.62. The van der Waals surface area contributed by atoms with Crippen molar-refractivity contribution in [2.45, 2.75) is 5.41 Å². The van der Waals surface area contributed by atoms with Crippen molar-refractivity contribution in [3.8, 4) is 67.3 Å². The van der Waals surface area contributed by atoms with Gasteiger partial charge in [-0.1, -0.05) is 200 Å². The standard InChI is InChI=1S/C59H38N2S/c1-4-15-41(16-5-1)58-60-54(40-29-27-39(28-30-40)44-32-34-51-50-24-11-13-26-56(50)62-57(51)37-44)38-55(61-58)45-18-14-17-42(35-45)43-31-33-49-48-23-10-12-25-52(48)59(53(49)36-43,46-19-6-2-7-20-46)47-21-8-3-9-22-47/h1-38H. The molecule has 3 heteroatoms. The number of nitrogens with zero attached hydrogens (tertiary/aromatic N) is 2. The van der Waals surface area contributed by atoms with Gasteiger partial charge in [0.25, 0.3) is 0 Å². The normalized spacial score (nSPS) is 12.6. The highest BCUT2D eigenvalue weighted by atomic mass is 32.1. The minimum atomic E-state index is -0.463. The first kappa shape index (κ1) is 36.2. The average molecular weight is 807 g/mol. The Morgan fingerprint density at radius 3 is 1.61 bits per heavy atom. The SMILES string of the molecule is c1ccc(-c2nc(-c3ccc(-c4ccc5c(c4)sc4ccccc45)cc3)cc(-c3cccc(-c4ccc5c(c4)C(c4ccccc4)(c4ccccc4)c4ccccc4-5)c3)n2)cc1. The van der Waals surface area contributed by atoms with Crippen molar-refractivity contribution in [1.82, 2.24) is 9.97 Å². The van der Waals surface area contributed by atoms with Crippen LogP contribution in [0.25, 0.3) is 87.5 Å². The number of rotatable bonds is 7. The molecule has 2 aromatic heterocycles. The number of fused-ring (bicyclic) bond motifs is 6. The summed E-state index contributed by atoms with van der Waals surface area (Å²) in [5.41, 5.74) is 16.7. The minimum absolute atomic E-state index is 0.463. The number of aromatic nitrogens is 2. The summed E-state index contributed by atoms with van der Waals surface area (Å²) in [6.45, 7) is 0. The smallest absolute Gasteiger partial charge is 0.160 e. The second-order valence-corrected chi connectivity index (χ2v) is 17.2. The van der Waals surface area contributed by atoms with E-state index in [1.165, 1.54) is 64.7 Å². The predicted octanol–water partition coefficient (Wildman–Crippen LogP) is 15.5. The highest BCUT2D eigenvalue weighted by Gasteiger charge is 2.46. The maximum atomic E-state index is 5.22. The zero-order valence-corrected chi connectivity index (χ0v) is 34.6. The van der Waals surface area contributed by atoms with Crippen molar-refractivity contribution in [1.29, 1.82) is 0 Å². The summed E-state index contributed by atoms with van der Waals surface area (Å²) < 4.78 is 2.63. The van der Waals surface area contributed by atoms with E-state index in [0.717, 1.165) is 39.2 Å². The fourth-order valence-corrected chi connectivity index (χ4v) is 10.8. The van der Waals surface area contributed by atoms with E-state index in [-0.39, 0.29) is 0 Å². The second-order valence-electron chi connectivity index (χ2n) is 16.1. The van der Waals surface area contributed by atoms with Crippen LogP contribution < -0.4 is 0 Å². The van der Waals surface area contributed by atoms with Crippen LogP contribution in [-0.4, -0.2) is 9.97 Å². The van der Waals surface area contributed by atoms with Gasteiger partial charge in [-0.25, -0.2) is 9.97 Å². The minimum Gasteiger partial charge on any atom is -0.228 e. The molecule has 1 aliphatic rings. The van der Waals surface area contributed by atoms with Crippen LogP contribution in [0.15, 0.2) is 231 Å². The molecule has 0 radical (unpaired) electrons. The lowest BCUT2D eigenvalue weighted by molar-refractivity contribution is 0.769. The molecule has 0 fully saturated rings. The first-order valence-electron chi connectivity index (χ1n) is 21.1. The van der Waals surface area contributed by atoms with Gasteiger partial charge in [-0.15, -0.1) is 11.3 Å². The molecule has 2 nitrogen and oxygen atoms in total. The zero-order chi connectivity index (χ0) is 41.0.